The van der Waals surface area contributed by atoms with Crippen LogP contribution in [-0.4, -0.2) is 28.7 Å². The lowest BCUT2D eigenvalue weighted by Gasteiger charge is -2.31. The number of carbonyl (C=O) groups is 2. The van der Waals surface area contributed by atoms with Crippen molar-refractivity contribution >= 4 is 11.9 Å². The first-order chi connectivity index (χ1) is 10.1. The molecule has 1 atom stereocenters. The van der Waals surface area contributed by atoms with Crippen LogP contribution in [0, 0.1) is 11.8 Å². The predicted octanol–water partition coefficient (Wildman–Crippen LogP) is 3.50. The minimum Gasteiger partial charge on any atom is -0.480 e. The van der Waals surface area contributed by atoms with Crippen LogP contribution in [0.2, 0.25) is 0 Å². The lowest BCUT2D eigenvalue weighted by atomic mass is 9.80. The van der Waals surface area contributed by atoms with Crippen molar-refractivity contribution in [3.63, 3.8) is 0 Å². The van der Waals surface area contributed by atoms with E-state index in [4.69, 9.17) is 0 Å². The summed E-state index contributed by atoms with van der Waals surface area (Å²) in [5.74, 6) is -2.85. The fraction of sp³-hybridized carbons (Fsp3) is 0.867. The second kappa shape index (κ2) is 7.33. The average molecular weight is 323 g/mol. The first kappa shape index (κ1) is 18.8. The van der Waals surface area contributed by atoms with Gasteiger partial charge < -0.3 is 10.4 Å². The largest absolute Gasteiger partial charge is 0.480 e. The van der Waals surface area contributed by atoms with E-state index in [1.807, 2.05) is 6.92 Å². The molecule has 128 valence electrons. The van der Waals surface area contributed by atoms with E-state index in [0.29, 0.717) is 25.7 Å². The highest BCUT2D eigenvalue weighted by Crippen LogP contribution is 2.40. The first-order valence-electron chi connectivity index (χ1n) is 7.69. The minimum atomic E-state index is -4.16. The number of hydrogen-bond donors (Lipinski definition) is 2. The van der Waals surface area contributed by atoms with Crippen LogP contribution in [0.15, 0.2) is 0 Å². The molecule has 1 aliphatic rings. The third-order valence-electron chi connectivity index (χ3n) is 4.42. The number of aliphatic carboxylic acids is 1. The minimum absolute atomic E-state index is 0.0482. The number of hydrogen-bond acceptors (Lipinski definition) is 2. The van der Waals surface area contributed by atoms with Crippen LogP contribution in [0.25, 0.3) is 0 Å². The summed E-state index contributed by atoms with van der Waals surface area (Å²) in [5.41, 5.74) is -1.31. The molecule has 0 heterocycles. The first-order valence-corrected chi connectivity index (χ1v) is 7.69. The summed E-state index contributed by atoms with van der Waals surface area (Å²) in [4.78, 5) is 23.2. The Hall–Kier alpha value is -1.27. The maximum Gasteiger partial charge on any atom is 0.391 e. The molecule has 1 fully saturated rings. The van der Waals surface area contributed by atoms with Crippen molar-refractivity contribution in [3.8, 4) is 0 Å². The Kier molecular flexibility index (Phi) is 6.26. The van der Waals surface area contributed by atoms with Crippen molar-refractivity contribution in [1.82, 2.24) is 5.32 Å². The molecular weight excluding hydrogens is 299 g/mol. The summed E-state index contributed by atoms with van der Waals surface area (Å²) >= 11 is 0. The van der Waals surface area contributed by atoms with Crippen molar-refractivity contribution in [3.05, 3.63) is 0 Å². The number of rotatable bonds is 6. The van der Waals surface area contributed by atoms with Crippen molar-refractivity contribution in [2.75, 3.05) is 0 Å². The van der Waals surface area contributed by atoms with Gasteiger partial charge >= 0.3 is 12.1 Å². The van der Waals surface area contributed by atoms with E-state index in [9.17, 15) is 27.9 Å². The fourth-order valence-corrected chi connectivity index (χ4v) is 3.04. The smallest absolute Gasteiger partial charge is 0.391 e. The SMILES string of the molecule is CCCC(C)(NC(=O)CC1CCC(C(F)(F)F)CC1)C(=O)O. The molecule has 0 aromatic heterocycles. The van der Waals surface area contributed by atoms with Gasteiger partial charge in [0.05, 0.1) is 5.92 Å². The van der Waals surface area contributed by atoms with E-state index < -0.39 is 29.5 Å². The Labute approximate surface area is 128 Å². The summed E-state index contributed by atoms with van der Waals surface area (Å²) in [6.07, 6.45) is -2.33. The van der Waals surface area contributed by atoms with Crippen LogP contribution in [-0.2, 0) is 9.59 Å². The Morgan fingerprint density at radius 3 is 2.14 bits per heavy atom. The molecule has 2 N–H and O–H groups in total. The van der Waals surface area contributed by atoms with Crippen molar-refractivity contribution < 1.29 is 27.9 Å². The molecule has 1 amide bonds. The fourth-order valence-electron chi connectivity index (χ4n) is 3.04. The van der Waals surface area contributed by atoms with Crippen LogP contribution in [0.4, 0.5) is 13.2 Å². The van der Waals surface area contributed by atoms with Crippen LogP contribution in [0.3, 0.4) is 0 Å². The summed E-state index contributed by atoms with van der Waals surface area (Å²) < 4.78 is 37.7. The van der Waals surface area contributed by atoms with E-state index in [1.165, 1.54) is 6.92 Å². The molecule has 0 saturated heterocycles. The topological polar surface area (TPSA) is 66.4 Å². The number of amides is 1. The standard InChI is InChI=1S/C15H24F3NO3/c1-3-8-14(2,13(21)22)19-12(20)9-10-4-6-11(7-5-10)15(16,17)18/h10-11H,3-9H2,1-2H3,(H,19,20)(H,21,22). The van der Waals surface area contributed by atoms with E-state index in [-0.39, 0.29) is 25.2 Å². The van der Waals surface area contributed by atoms with Gasteiger partial charge in [-0.3, -0.25) is 4.79 Å². The highest BCUT2D eigenvalue weighted by molar-refractivity contribution is 5.86. The van der Waals surface area contributed by atoms with Gasteiger partial charge in [-0.15, -0.1) is 0 Å². The van der Waals surface area contributed by atoms with Gasteiger partial charge in [-0.1, -0.05) is 13.3 Å². The zero-order valence-corrected chi connectivity index (χ0v) is 13.0. The zero-order valence-electron chi connectivity index (χ0n) is 13.0. The van der Waals surface area contributed by atoms with Gasteiger partial charge in [-0.2, -0.15) is 13.2 Å². The third kappa shape index (κ3) is 5.18. The van der Waals surface area contributed by atoms with E-state index in [2.05, 4.69) is 5.32 Å². The highest BCUT2D eigenvalue weighted by Gasteiger charge is 2.42. The van der Waals surface area contributed by atoms with Gasteiger partial charge in [0.1, 0.15) is 5.54 Å². The molecule has 1 rings (SSSR count). The molecule has 4 nitrogen and oxygen atoms in total. The molecule has 7 heteroatoms. The highest BCUT2D eigenvalue weighted by atomic mass is 19.4. The molecule has 0 aliphatic heterocycles. The maximum absolute atomic E-state index is 12.6. The van der Waals surface area contributed by atoms with Crippen molar-refractivity contribution in [1.29, 1.82) is 0 Å². The molecule has 0 bridgehead atoms. The summed E-state index contributed by atoms with van der Waals surface area (Å²) in [5, 5.41) is 11.7. The monoisotopic (exact) mass is 323 g/mol. The Morgan fingerprint density at radius 2 is 1.73 bits per heavy atom. The van der Waals surface area contributed by atoms with Gasteiger partial charge in [0, 0.05) is 6.42 Å². The van der Waals surface area contributed by atoms with Crippen LogP contribution < -0.4 is 5.32 Å². The predicted molar refractivity (Wildman–Crippen MR) is 75.2 cm³/mol. The molecule has 0 aromatic rings. The Balaban J connectivity index is 2.48. The lowest BCUT2D eigenvalue weighted by molar-refractivity contribution is -0.184. The van der Waals surface area contributed by atoms with E-state index in [1.54, 1.807) is 0 Å². The number of carboxylic acid groups (broad SMARTS) is 1. The lowest BCUT2D eigenvalue weighted by Crippen LogP contribution is -2.52. The maximum atomic E-state index is 12.6. The molecule has 1 unspecified atom stereocenters. The number of halogens is 3. The average Bonchev–Trinajstić information content (AvgIpc) is 2.38. The zero-order chi connectivity index (χ0) is 17.0. The third-order valence-corrected chi connectivity index (χ3v) is 4.42. The summed E-state index contributed by atoms with van der Waals surface area (Å²) in [6, 6.07) is 0. The Morgan fingerprint density at radius 1 is 1.18 bits per heavy atom. The Bertz CT molecular complexity index is 403. The van der Waals surface area contributed by atoms with Crippen molar-refractivity contribution in [2.24, 2.45) is 11.8 Å². The molecular formula is C15H24F3NO3. The van der Waals surface area contributed by atoms with Gasteiger partial charge in [-0.25, -0.2) is 4.79 Å². The number of alkyl halides is 3. The number of carboxylic acids is 1. The molecule has 0 aromatic carbocycles. The normalized spacial score (nSPS) is 25.3. The van der Waals surface area contributed by atoms with Gasteiger partial charge in [0.25, 0.3) is 0 Å². The van der Waals surface area contributed by atoms with E-state index in [0.717, 1.165) is 0 Å². The molecule has 1 aliphatic carbocycles. The van der Waals surface area contributed by atoms with E-state index >= 15 is 0 Å². The number of nitrogens with one attached hydrogen (secondary N) is 1. The van der Waals surface area contributed by atoms with Gasteiger partial charge in [0.2, 0.25) is 5.91 Å². The second-order valence-corrected chi connectivity index (χ2v) is 6.40. The van der Waals surface area contributed by atoms with Crippen molar-refractivity contribution in [2.45, 2.75) is 70.5 Å². The number of carbonyl (C=O) groups excluding carboxylic acids is 1. The van der Waals surface area contributed by atoms with Crippen LogP contribution in [0.1, 0.15) is 58.8 Å². The molecule has 0 radical (unpaired) electrons. The molecule has 22 heavy (non-hydrogen) atoms. The summed E-state index contributed by atoms with van der Waals surface area (Å²) in [6.45, 7) is 3.28. The summed E-state index contributed by atoms with van der Waals surface area (Å²) in [7, 11) is 0. The molecule has 1 saturated carbocycles. The van der Waals surface area contributed by atoms with Gasteiger partial charge in [-0.05, 0) is 44.9 Å². The quantitative estimate of drug-likeness (QED) is 0.786. The van der Waals surface area contributed by atoms with Gasteiger partial charge in [0.15, 0.2) is 0 Å². The van der Waals surface area contributed by atoms with Crippen LogP contribution in [0.5, 0.6) is 0 Å². The molecule has 0 spiro atoms. The second-order valence-electron chi connectivity index (χ2n) is 6.40. The van der Waals surface area contributed by atoms with Crippen LogP contribution >= 0.6 is 0 Å².